The summed E-state index contributed by atoms with van der Waals surface area (Å²) in [4.78, 5) is 65.5. The van der Waals surface area contributed by atoms with E-state index in [-0.39, 0.29) is 19.3 Å². The first kappa shape index (κ1) is 35.5. The van der Waals surface area contributed by atoms with Crippen molar-refractivity contribution >= 4 is 29.8 Å². The monoisotopic (exact) mass is 732 g/mol. The van der Waals surface area contributed by atoms with E-state index in [2.05, 4.69) is 0 Å². The lowest BCUT2D eigenvalue weighted by atomic mass is 9.32. The van der Waals surface area contributed by atoms with E-state index in [1.54, 1.807) is 26.8 Å². The molecule has 4 saturated carbocycles. The van der Waals surface area contributed by atoms with E-state index in [4.69, 9.17) is 37.6 Å². The third-order valence-electron chi connectivity index (χ3n) is 14.2. The van der Waals surface area contributed by atoms with Gasteiger partial charge in [0.25, 0.3) is 0 Å². The van der Waals surface area contributed by atoms with Crippen LogP contribution in [0, 0.1) is 28.1 Å². The van der Waals surface area contributed by atoms with Crippen molar-refractivity contribution < 1.29 is 76.9 Å². The Morgan fingerprint density at radius 2 is 1.60 bits per heavy atom. The van der Waals surface area contributed by atoms with Gasteiger partial charge >= 0.3 is 29.8 Å². The Balaban J connectivity index is 1.52. The number of hydrogen-bond acceptors (Lipinski definition) is 16. The second-order valence-electron chi connectivity index (χ2n) is 16.4. The number of rotatable bonds is 7. The highest BCUT2D eigenvalue weighted by atomic mass is 16.8. The first-order valence-electron chi connectivity index (χ1n) is 17.6. The number of fused-ring (bicyclic) bond motifs is 4. The van der Waals surface area contributed by atoms with Gasteiger partial charge in [-0.05, 0) is 24.8 Å². The molecule has 16 heteroatoms. The molecule has 16 nitrogen and oxygen atoms in total. The molecular weight excluding hydrogens is 688 g/mol. The lowest BCUT2D eigenvalue weighted by Crippen LogP contribution is -2.97. The van der Waals surface area contributed by atoms with Gasteiger partial charge in [-0.25, -0.2) is 0 Å². The SMILES string of the molecule is CCC12C[C@@H]3[C@](C)([C@@H](OC(C)=O)c4ccoc4)[C@@H](OC(C)=O)[C@@H](OC(C)=O)[C@@]4(O)[C@]3(O1)[C@H](O2)[C@@]1(O)[C@@H](OC(C)=O)[C@@]2(C)C[C@@]1(O)[C@]41COC(=O)C[C@@H]21. The average Bonchev–Trinajstić information content (AvgIpc) is 3.85. The number of carbonyl (C=O) groups excluding carboxylic acids is 5. The normalized spacial score (nSPS) is 50.8. The molecule has 3 N–H and O–H groups in total. The van der Waals surface area contributed by atoms with Gasteiger partial charge in [-0.15, -0.1) is 0 Å². The molecule has 0 amide bonds. The third kappa shape index (κ3) is 3.54. The summed E-state index contributed by atoms with van der Waals surface area (Å²) in [5.41, 5.74) is -14.7. The van der Waals surface area contributed by atoms with Gasteiger partial charge in [0.15, 0.2) is 23.6 Å². The fourth-order valence-electron chi connectivity index (χ4n) is 12.8. The van der Waals surface area contributed by atoms with Gasteiger partial charge in [-0.3, -0.25) is 24.0 Å². The third-order valence-corrected chi connectivity index (χ3v) is 14.2. The van der Waals surface area contributed by atoms with Gasteiger partial charge in [0.2, 0.25) is 0 Å². The van der Waals surface area contributed by atoms with Crippen LogP contribution in [0.15, 0.2) is 23.0 Å². The zero-order chi connectivity index (χ0) is 37.8. The van der Waals surface area contributed by atoms with E-state index in [1.165, 1.54) is 19.5 Å². The van der Waals surface area contributed by atoms with Crippen molar-refractivity contribution in [1.82, 2.24) is 0 Å². The number of esters is 5. The second-order valence-corrected chi connectivity index (χ2v) is 16.4. The topological polar surface area (TPSA) is 224 Å². The molecular formula is C36H44O16. The van der Waals surface area contributed by atoms with Gasteiger partial charge in [0, 0.05) is 57.4 Å². The predicted molar refractivity (Wildman–Crippen MR) is 167 cm³/mol. The maximum absolute atomic E-state index is 14.3. The molecule has 0 aromatic carbocycles. The summed E-state index contributed by atoms with van der Waals surface area (Å²) in [5.74, 6) is -7.73. The number of ether oxygens (including phenoxy) is 7. The number of hydrogen-bond donors (Lipinski definition) is 3. The quantitative estimate of drug-likeness (QED) is 0.264. The van der Waals surface area contributed by atoms with Crippen LogP contribution in [-0.2, 0) is 57.1 Å². The minimum atomic E-state index is -2.67. The molecule has 1 aromatic heterocycles. The highest BCUT2D eigenvalue weighted by Crippen LogP contribution is 2.87. The molecule has 52 heavy (non-hydrogen) atoms. The molecule has 7 fully saturated rings. The van der Waals surface area contributed by atoms with Crippen molar-refractivity contribution in [2.24, 2.45) is 28.1 Å². The standard InChI is InChI=1S/C36H44O16/c1-8-31-12-22-30(7,24(47-16(2)37)20-9-10-45-13-20)25(48-17(3)38)26(49-18(4)39)36(44)32-15-46-23(41)11-21(32)29(6)14-33(32,42)34(43,27(29)50-19(5)40)28(51-31)35(22,36)52-31/h9-10,13,21-22,24-28,42-44H,8,11-12,14-15H2,1-7H3/t21-,22+,24-,25-,26+,27-,28+,29-,30+,31?,32+,33+,34-,35+,36-/m0/s1. The van der Waals surface area contributed by atoms with Crippen LogP contribution in [0.4, 0.5) is 0 Å². The number of aliphatic hydroxyl groups is 3. The molecule has 4 aliphatic carbocycles. The van der Waals surface area contributed by atoms with Crippen LogP contribution in [0.1, 0.15) is 85.8 Å². The van der Waals surface area contributed by atoms with E-state index in [1.807, 2.05) is 0 Å². The maximum Gasteiger partial charge on any atom is 0.306 e. The highest BCUT2D eigenvalue weighted by Gasteiger charge is 3.04. The Kier molecular flexibility index (Phi) is 7.05. The number of furan rings is 1. The molecule has 4 heterocycles. The first-order valence-corrected chi connectivity index (χ1v) is 17.6. The van der Waals surface area contributed by atoms with Crippen molar-refractivity contribution in [3.63, 3.8) is 0 Å². The Hall–Kier alpha value is -3.57. The highest BCUT2D eigenvalue weighted by molar-refractivity contribution is 5.74. The summed E-state index contributed by atoms with van der Waals surface area (Å²) >= 11 is 0. The minimum absolute atomic E-state index is 0.0382. The van der Waals surface area contributed by atoms with E-state index < -0.39 is 130 Å². The molecule has 4 bridgehead atoms. The van der Waals surface area contributed by atoms with Crippen molar-refractivity contribution in [3.8, 4) is 0 Å². The van der Waals surface area contributed by atoms with Crippen LogP contribution in [0.25, 0.3) is 0 Å². The molecule has 3 aliphatic heterocycles. The van der Waals surface area contributed by atoms with E-state index >= 15 is 0 Å². The molecule has 0 radical (unpaired) electrons. The molecule has 3 saturated heterocycles. The fourth-order valence-corrected chi connectivity index (χ4v) is 12.8. The molecule has 1 aromatic rings. The Morgan fingerprint density at radius 3 is 2.17 bits per heavy atom. The van der Waals surface area contributed by atoms with Gasteiger partial charge in [-0.2, -0.15) is 0 Å². The molecule has 7 aliphatic rings. The summed E-state index contributed by atoms with van der Waals surface area (Å²) in [5, 5.41) is 41.1. The Labute approximate surface area is 298 Å². The van der Waals surface area contributed by atoms with Crippen molar-refractivity contribution in [3.05, 3.63) is 24.2 Å². The molecule has 284 valence electrons. The summed E-state index contributed by atoms with van der Waals surface area (Å²) in [6, 6.07) is 1.55. The smallest absolute Gasteiger partial charge is 0.306 e. The summed E-state index contributed by atoms with van der Waals surface area (Å²) < 4.78 is 49.2. The van der Waals surface area contributed by atoms with Crippen LogP contribution in [0.5, 0.6) is 0 Å². The average molecular weight is 733 g/mol. The number of carbonyl (C=O) groups is 5. The summed E-state index contributed by atoms with van der Waals surface area (Å²) in [6.45, 7) is 8.94. The molecule has 15 atom stereocenters. The van der Waals surface area contributed by atoms with Crippen LogP contribution < -0.4 is 0 Å². The van der Waals surface area contributed by atoms with Crippen LogP contribution in [0.3, 0.4) is 0 Å². The van der Waals surface area contributed by atoms with Crippen LogP contribution in [0.2, 0.25) is 0 Å². The summed E-state index contributed by atoms with van der Waals surface area (Å²) in [7, 11) is 0. The van der Waals surface area contributed by atoms with Gasteiger partial charge in [0.1, 0.15) is 41.7 Å². The lowest BCUT2D eigenvalue weighted by Gasteiger charge is -2.77. The van der Waals surface area contributed by atoms with Crippen LogP contribution in [-0.4, -0.2) is 104 Å². The van der Waals surface area contributed by atoms with Gasteiger partial charge in [0.05, 0.1) is 23.4 Å². The predicted octanol–water partition coefficient (Wildman–Crippen LogP) is 1.16. The van der Waals surface area contributed by atoms with Gasteiger partial charge in [-0.1, -0.05) is 20.8 Å². The minimum Gasteiger partial charge on any atom is -0.472 e. The number of cyclic esters (lactones) is 1. The van der Waals surface area contributed by atoms with Gasteiger partial charge < -0.3 is 52.9 Å². The zero-order valence-corrected chi connectivity index (χ0v) is 30.0. The van der Waals surface area contributed by atoms with E-state index in [9.17, 15) is 39.3 Å². The van der Waals surface area contributed by atoms with Crippen molar-refractivity contribution in [2.45, 2.75) is 133 Å². The van der Waals surface area contributed by atoms with Crippen molar-refractivity contribution in [1.29, 1.82) is 0 Å². The summed E-state index contributed by atoms with van der Waals surface area (Å²) in [6.07, 6.45) is -5.99. The largest absolute Gasteiger partial charge is 0.472 e. The van der Waals surface area contributed by atoms with E-state index in [0.717, 1.165) is 20.8 Å². The molecule has 8 rings (SSSR count). The Morgan fingerprint density at radius 1 is 0.942 bits per heavy atom. The van der Waals surface area contributed by atoms with Crippen LogP contribution >= 0.6 is 0 Å². The fraction of sp³-hybridized carbons (Fsp3) is 0.750. The molecule has 1 unspecified atom stereocenters. The maximum atomic E-state index is 14.3. The van der Waals surface area contributed by atoms with E-state index in [0.29, 0.717) is 5.56 Å². The molecule has 2 spiro atoms. The Bertz CT molecular complexity index is 1780. The van der Waals surface area contributed by atoms with Crippen molar-refractivity contribution in [2.75, 3.05) is 6.61 Å². The zero-order valence-electron chi connectivity index (χ0n) is 30.0. The first-order chi connectivity index (χ1) is 24.2. The second kappa shape index (κ2) is 10.3. The lowest BCUT2D eigenvalue weighted by molar-refractivity contribution is -0.450.